The second-order valence-electron chi connectivity index (χ2n) is 6.05. The number of benzene rings is 1. The van der Waals surface area contributed by atoms with Gasteiger partial charge in [-0.1, -0.05) is 43.9 Å². The second-order valence-corrected chi connectivity index (χ2v) is 6.05. The lowest BCUT2D eigenvalue weighted by Crippen LogP contribution is -2.35. The Morgan fingerprint density at radius 2 is 1.81 bits per heavy atom. The first-order valence-corrected chi connectivity index (χ1v) is 7.84. The van der Waals surface area contributed by atoms with Crippen molar-refractivity contribution in [2.24, 2.45) is 5.92 Å². The molecule has 2 rings (SSSR count). The highest BCUT2D eigenvalue weighted by Gasteiger charge is 2.30. The molecule has 118 valence electrons. The van der Waals surface area contributed by atoms with Crippen LogP contribution in [-0.4, -0.2) is 13.1 Å². The lowest BCUT2D eigenvalue weighted by Gasteiger charge is -2.26. The van der Waals surface area contributed by atoms with E-state index in [1.807, 2.05) is 7.05 Å². The summed E-state index contributed by atoms with van der Waals surface area (Å²) in [6.07, 6.45) is 3.84. The van der Waals surface area contributed by atoms with Gasteiger partial charge in [0.05, 0.1) is 5.56 Å². The number of hydrogen-bond acceptors (Lipinski definition) is 1. The molecule has 1 aliphatic carbocycles. The maximum atomic E-state index is 12.8. The van der Waals surface area contributed by atoms with Gasteiger partial charge in [0.1, 0.15) is 0 Å². The van der Waals surface area contributed by atoms with E-state index in [0.717, 1.165) is 11.6 Å². The third kappa shape index (κ3) is 4.73. The number of halogens is 3. The van der Waals surface area contributed by atoms with Gasteiger partial charge in [0.2, 0.25) is 0 Å². The van der Waals surface area contributed by atoms with Crippen LogP contribution in [0.15, 0.2) is 24.3 Å². The Morgan fingerprint density at radius 3 is 2.38 bits per heavy atom. The van der Waals surface area contributed by atoms with E-state index in [2.05, 4.69) is 5.32 Å². The van der Waals surface area contributed by atoms with Crippen molar-refractivity contribution < 1.29 is 13.2 Å². The van der Waals surface area contributed by atoms with E-state index in [1.54, 1.807) is 6.07 Å². The van der Waals surface area contributed by atoms with Crippen molar-refractivity contribution >= 4 is 0 Å². The van der Waals surface area contributed by atoms with Gasteiger partial charge in [-0.2, -0.15) is 13.2 Å². The topological polar surface area (TPSA) is 12.0 Å². The van der Waals surface area contributed by atoms with E-state index < -0.39 is 11.7 Å². The standard InChI is InChI=1S/C17H24F3N/c1-21-16(14-8-4-2-3-5-9-14)12-13-7-6-10-15(11-13)17(18,19)20/h6-7,10-11,14,16,21H,2-5,8-9,12H2,1H3. The van der Waals surface area contributed by atoms with Gasteiger partial charge in [0.15, 0.2) is 0 Å². The van der Waals surface area contributed by atoms with Gasteiger partial charge in [-0.3, -0.25) is 0 Å². The third-order valence-corrected chi connectivity index (χ3v) is 4.55. The molecule has 1 aromatic rings. The first kappa shape index (κ1) is 16.3. The molecule has 1 saturated carbocycles. The zero-order chi connectivity index (χ0) is 15.3. The number of alkyl halides is 3. The molecule has 1 atom stereocenters. The molecule has 0 spiro atoms. The minimum absolute atomic E-state index is 0.270. The summed E-state index contributed by atoms with van der Waals surface area (Å²) < 4.78 is 38.3. The molecule has 21 heavy (non-hydrogen) atoms. The molecule has 0 bridgehead atoms. The van der Waals surface area contributed by atoms with Crippen LogP contribution in [-0.2, 0) is 12.6 Å². The highest BCUT2D eigenvalue weighted by molar-refractivity contribution is 5.26. The Kier molecular flexibility index (Phi) is 5.68. The Bertz CT molecular complexity index is 434. The van der Waals surface area contributed by atoms with Crippen molar-refractivity contribution in [3.63, 3.8) is 0 Å². The molecule has 0 radical (unpaired) electrons. The van der Waals surface area contributed by atoms with Gasteiger partial charge >= 0.3 is 6.18 Å². The van der Waals surface area contributed by atoms with Crippen molar-refractivity contribution in [2.45, 2.75) is 57.2 Å². The average Bonchev–Trinajstić information content (AvgIpc) is 2.73. The van der Waals surface area contributed by atoms with Crippen molar-refractivity contribution in [1.82, 2.24) is 5.32 Å². The van der Waals surface area contributed by atoms with Crippen LogP contribution in [0.4, 0.5) is 13.2 Å². The maximum Gasteiger partial charge on any atom is 0.416 e. The molecule has 1 unspecified atom stereocenters. The van der Waals surface area contributed by atoms with E-state index in [4.69, 9.17) is 0 Å². The highest BCUT2D eigenvalue weighted by atomic mass is 19.4. The van der Waals surface area contributed by atoms with Crippen LogP contribution in [0.25, 0.3) is 0 Å². The summed E-state index contributed by atoms with van der Waals surface area (Å²) in [5.41, 5.74) is 0.226. The van der Waals surface area contributed by atoms with Gasteiger partial charge in [-0.15, -0.1) is 0 Å². The minimum atomic E-state index is -4.26. The fourth-order valence-corrected chi connectivity index (χ4v) is 3.35. The van der Waals surface area contributed by atoms with Crippen molar-refractivity contribution in [3.05, 3.63) is 35.4 Å². The van der Waals surface area contributed by atoms with Crippen LogP contribution in [0.5, 0.6) is 0 Å². The Balaban J connectivity index is 2.07. The van der Waals surface area contributed by atoms with E-state index in [1.165, 1.54) is 50.7 Å². The molecular weight excluding hydrogens is 275 g/mol. The highest BCUT2D eigenvalue weighted by Crippen LogP contribution is 2.31. The maximum absolute atomic E-state index is 12.8. The predicted octanol–water partition coefficient (Wildman–Crippen LogP) is 4.81. The van der Waals surface area contributed by atoms with Crippen molar-refractivity contribution in [1.29, 1.82) is 0 Å². The Morgan fingerprint density at radius 1 is 1.14 bits per heavy atom. The molecule has 1 fully saturated rings. The fraction of sp³-hybridized carbons (Fsp3) is 0.647. The first-order valence-electron chi connectivity index (χ1n) is 7.84. The van der Waals surface area contributed by atoms with Crippen LogP contribution in [0, 0.1) is 5.92 Å². The van der Waals surface area contributed by atoms with Gasteiger partial charge in [0.25, 0.3) is 0 Å². The molecule has 0 aromatic heterocycles. The number of nitrogens with one attached hydrogen (secondary N) is 1. The molecule has 0 aliphatic heterocycles. The SMILES string of the molecule is CNC(Cc1cccc(C(F)(F)F)c1)C1CCCCCC1. The van der Waals surface area contributed by atoms with Crippen LogP contribution < -0.4 is 5.32 Å². The lowest BCUT2D eigenvalue weighted by molar-refractivity contribution is -0.137. The average molecular weight is 299 g/mol. The molecule has 0 heterocycles. The van der Waals surface area contributed by atoms with Crippen LogP contribution in [0.2, 0.25) is 0 Å². The van der Waals surface area contributed by atoms with E-state index >= 15 is 0 Å². The molecule has 0 saturated heterocycles. The molecule has 1 N–H and O–H groups in total. The number of rotatable bonds is 4. The van der Waals surface area contributed by atoms with Crippen molar-refractivity contribution in [2.75, 3.05) is 7.05 Å². The molecule has 4 heteroatoms. The van der Waals surface area contributed by atoms with E-state index in [9.17, 15) is 13.2 Å². The van der Waals surface area contributed by atoms with Gasteiger partial charge in [0, 0.05) is 6.04 Å². The van der Waals surface area contributed by atoms with Gasteiger partial charge in [-0.05, 0) is 43.9 Å². The lowest BCUT2D eigenvalue weighted by atomic mass is 9.87. The fourth-order valence-electron chi connectivity index (χ4n) is 3.35. The van der Waals surface area contributed by atoms with Crippen LogP contribution >= 0.6 is 0 Å². The number of hydrogen-bond donors (Lipinski definition) is 1. The van der Waals surface area contributed by atoms with E-state index in [-0.39, 0.29) is 6.04 Å². The van der Waals surface area contributed by atoms with Crippen LogP contribution in [0.1, 0.15) is 49.7 Å². The Hall–Kier alpha value is -1.03. The normalized spacial score (nSPS) is 19.2. The molecule has 1 nitrogen and oxygen atoms in total. The third-order valence-electron chi connectivity index (χ3n) is 4.55. The molecule has 1 aromatic carbocycles. The summed E-state index contributed by atoms with van der Waals surface area (Å²) in [5, 5.41) is 3.32. The summed E-state index contributed by atoms with van der Waals surface area (Å²) in [6.45, 7) is 0. The van der Waals surface area contributed by atoms with E-state index in [0.29, 0.717) is 12.3 Å². The largest absolute Gasteiger partial charge is 0.416 e. The minimum Gasteiger partial charge on any atom is -0.316 e. The monoisotopic (exact) mass is 299 g/mol. The molecule has 1 aliphatic rings. The van der Waals surface area contributed by atoms with Gasteiger partial charge < -0.3 is 5.32 Å². The predicted molar refractivity (Wildman–Crippen MR) is 79.2 cm³/mol. The van der Waals surface area contributed by atoms with Crippen molar-refractivity contribution in [3.8, 4) is 0 Å². The number of likely N-dealkylation sites (N-methyl/N-ethyl adjacent to an activating group) is 1. The van der Waals surface area contributed by atoms with Crippen LogP contribution in [0.3, 0.4) is 0 Å². The second kappa shape index (κ2) is 7.30. The summed E-state index contributed by atoms with van der Waals surface area (Å²) in [7, 11) is 1.92. The summed E-state index contributed by atoms with van der Waals surface area (Å²) in [4.78, 5) is 0. The molecule has 0 amide bonds. The Labute approximate surface area is 124 Å². The van der Waals surface area contributed by atoms with Gasteiger partial charge in [-0.25, -0.2) is 0 Å². The zero-order valence-corrected chi connectivity index (χ0v) is 12.5. The smallest absolute Gasteiger partial charge is 0.316 e. The summed E-state index contributed by atoms with van der Waals surface area (Å²) in [6, 6.07) is 6.02. The first-order chi connectivity index (χ1) is 10.0. The quantitative estimate of drug-likeness (QED) is 0.787. The summed E-state index contributed by atoms with van der Waals surface area (Å²) in [5.74, 6) is 0.576. The summed E-state index contributed by atoms with van der Waals surface area (Å²) >= 11 is 0. The zero-order valence-electron chi connectivity index (χ0n) is 12.5. The molecular formula is C17H24F3N.